The molecule has 70 valence electrons. The maximum absolute atomic E-state index is 11.5. The molecule has 1 saturated heterocycles. The number of methoxy groups -OCH3 is 1. The third-order valence-electron chi connectivity index (χ3n) is 2.14. The van der Waals surface area contributed by atoms with Crippen LogP contribution in [0.5, 0.6) is 0 Å². The molecule has 4 nitrogen and oxygen atoms in total. The van der Waals surface area contributed by atoms with Crippen LogP contribution < -0.4 is 5.32 Å². The second-order valence-electron chi connectivity index (χ2n) is 3.11. The summed E-state index contributed by atoms with van der Waals surface area (Å²) in [6.07, 6.45) is 0. The highest BCUT2D eigenvalue weighted by Crippen LogP contribution is 2.06. The maximum atomic E-state index is 11.5. The van der Waals surface area contributed by atoms with E-state index >= 15 is 0 Å². The van der Waals surface area contributed by atoms with E-state index in [1.54, 1.807) is 12.0 Å². The quantitative estimate of drug-likeness (QED) is 0.610. The number of rotatable bonds is 4. The zero-order valence-corrected chi connectivity index (χ0v) is 7.67. The van der Waals surface area contributed by atoms with E-state index in [4.69, 9.17) is 4.74 Å². The Hall–Kier alpha value is -0.610. The van der Waals surface area contributed by atoms with Gasteiger partial charge in [0.05, 0.1) is 12.5 Å². The summed E-state index contributed by atoms with van der Waals surface area (Å²) < 4.78 is 4.88. The third kappa shape index (κ3) is 2.19. The number of carbonyl (C=O) groups excluding carboxylic acids is 1. The summed E-state index contributed by atoms with van der Waals surface area (Å²) >= 11 is 0. The van der Waals surface area contributed by atoms with Gasteiger partial charge in [0.25, 0.3) is 0 Å². The van der Waals surface area contributed by atoms with Crippen LogP contribution in [0.2, 0.25) is 0 Å². The number of hydrogen-bond donors (Lipinski definition) is 1. The average molecular weight is 172 g/mol. The highest BCUT2D eigenvalue weighted by Gasteiger charge is 2.26. The van der Waals surface area contributed by atoms with Crippen molar-refractivity contribution in [1.82, 2.24) is 10.2 Å². The first-order valence-electron chi connectivity index (χ1n) is 4.20. The fraction of sp³-hybridized carbons (Fsp3) is 0.875. The molecule has 1 N–H and O–H groups in total. The number of carbonyl (C=O) groups is 1. The summed E-state index contributed by atoms with van der Waals surface area (Å²) in [7, 11) is 3.46. The van der Waals surface area contributed by atoms with Gasteiger partial charge in [0.2, 0.25) is 5.91 Å². The maximum Gasteiger partial charge on any atom is 0.228 e. The van der Waals surface area contributed by atoms with E-state index in [-0.39, 0.29) is 11.8 Å². The lowest BCUT2D eigenvalue weighted by Gasteiger charge is -2.30. The first kappa shape index (κ1) is 9.48. The minimum atomic E-state index is 0.201. The molecule has 1 amide bonds. The molecule has 0 aliphatic carbocycles. The zero-order chi connectivity index (χ0) is 8.97. The van der Waals surface area contributed by atoms with Gasteiger partial charge in [0.15, 0.2) is 0 Å². The third-order valence-corrected chi connectivity index (χ3v) is 2.14. The van der Waals surface area contributed by atoms with Gasteiger partial charge in [-0.3, -0.25) is 4.79 Å². The van der Waals surface area contributed by atoms with Crippen LogP contribution >= 0.6 is 0 Å². The molecule has 0 aromatic carbocycles. The number of amides is 1. The molecule has 0 atom stereocenters. The van der Waals surface area contributed by atoms with Crippen LogP contribution in [-0.4, -0.2) is 51.2 Å². The molecule has 0 bridgehead atoms. The Kier molecular flexibility index (Phi) is 3.49. The molecular formula is C8H16N2O2. The standard InChI is InChI=1S/C8H16N2O2/c1-10(3-4-12-2)8(11)7-5-9-6-7/h7,9H,3-6H2,1-2H3. The Morgan fingerprint density at radius 2 is 2.33 bits per heavy atom. The fourth-order valence-corrected chi connectivity index (χ4v) is 1.11. The lowest BCUT2D eigenvalue weighted by molar-refractivity contribution is -0.136. The minimum absolute atomic E-state index is 0.201. The van der Waals surface area contributed by atoms with Crippen LogP contribution in [0.4, 0.5) is 0 Å². The van der Waals surface area contributed by atoms with E-state index in [1.165, 1.54) is 0 Å². The number of nitrogens with one attached hydrogen (secondary N) is 1. The van der Waals surface area contributed by atoms with Crippen LogP contribution in [0.25, 0.3) is 0 Å². The molecule has 1 heterocycles. The predicted molar refractivity (Wildman–Crippen MR) is 45.9 cm³/mol. The van der Waals surface area contributed by atoms with Crippen molar-refractivity contribution in [2.45, 2.75) is 0 Å². The van der Waals surface area contributed by atoms with Gasteiger partial charge < -0.3 is 15.0 Å². The second kappa shape index (κ2) is 4.42. The highest BCUT2D eigenvalue weighted by molar-refractivity contribution is 5.79. The first-order valence-corrected chi connectivity index (χ1v) is 4.20. The van der Waals surface area contributed by atoms with E-state index in [1.807, 2.05) is 7.05 Å². The normalized spacial score (nSPS) is 17.2. The molecule has 0 spiro atoms. The van der Waals surface area contributed by atoms with Crippen LogP contribution in [0, 0.1) is 5.92 Å². The summed E-state index contributed by atoms with van der Waals surface area (Å²) in [5.41, 5.74) is 0. The monoisotopic (exact) mass is 172 g/mol. The second-order valence-corrected chi connectivity index (χ2v) is 3.11. The summed E-state index contributed by atoms with van der Waals surface area (Å²) in [6.45, 7) is 2.96. The molecule has 0 aromatic rings. The first-order chi connectivity index (χ1) is 5.75. The Labute approximate surface area is 72.9 Å². The predicted octanol–water partition coefficient (Wildman–Crippen LogP) is -0.689. The van der Waals surface area contributed by atoms with E-state index in [0.29, 0.717) is 13.2 Å². The molecule has 0 saturated carbocycles. The van der Waals surface area contributed by atoms with Gasteiger partial charge >= 0.3 is 0 Å². The van der Waals surface area contributed by atoms with Gasteiger partial charge in [-0.1, -0.05) is 0 Å². The van der Waals surface area contributed by atoms with Crippen LogP contribution in [-0.2, 0) is 9.53 Å². The van der Waals surface area contributed by atoms with Crippen molar-refractivity contribution in [3.05, 3.63) is 0 Å². The Morgan fingerprint density at radius 1 is 1.67 bits per heavy atom. The smallest absolute Gasteiger partial charge is 0.228 e. The van der Waals surface area contributed by atoms with Gasteiger partial charge in [-0.05, 0) is 0 Å². The van der Waals surface area contributed by atoms with Crippen molar-refractivity contribution in [2.24, 2.45) is 5.92 Å². The summed E-state index contributed by atoms with van der Waals surface area (Å²) in [5, 5.41) is 3.07. The van der Waals surface area contributed by atoms with Crippen LogP contribution in [0.15, 0.2) is 0 Å². The van der Waals surface area contributed by atoms with Crippen molar-refractivity contribution in [1.29, 1.82) is 0 Å². The van der Waals surface area contributed by atoms with E-state index in [2.05, 4.69) is 5.32 Å². The topological polar surface area (TPSA) is 41.6 Å². The fourth-order valence-electron chi connectivity index (χ4n) is 1.11. The lowest BCUT2D eigenvalue weighted by Crippen LogP contribution is -2.51. The van der Waals surface area contributed by atoms with Crippen molar-refractivity contribution in [3.63, 3.8) is 0 Å². The van der Waals surface area contributed by atoms with Crippen molar-refractivity contribution >= 4 is 5.91 Å². The Morgan fingerprint density at radius 3 is 2.75 bits per heavy atom. The molecule has 0 aromatic heterocycles. The summed E-state index contributed by atoms with van der Waals surface area (Å²) in [6, 6.07) is 0. The molecule has 12 heavy (non-hydrogen) atoms. The van der Waals surface area contributed by atoms with Crippen molar-refractivity contribution in [2.75, 3.05) is 40.4 Å². The molecule has 4 heteroatoms. The van der Waals surface area contributed by atoms with E-state index < -0.39 is 0 Å². The molecule has 1 fully saturated rings. The van der Waals surface area contributed by atoms with Gasteiger partial charge in [-0.2, -0.15) is 0 Å². The van der Waals surface area contributed by atoms with Crippen molar-refractivity contribution in [3.8, 4) is 0 Å². The molecule has 1 rings (SSSR count). The molecule has 1 aliphatic rings. The highest BCUT2D eigenvalue weighted by atomic mass is 16.5. The SMILES string of the molecule is COCCN(C)C(=O)C1CNC1. The van der Waals surface area contributed by atoms with Crippen LogP contribution in [0.1, 0.15) is 0 Å². The van der Waals surface area contributed by atoms with Crippen LogP contribution in [0.3, 0.4) is 0 Å². The number of hydrogen-bond acceptors (Lipinski definition) is 3. The lowest BCUT2D eigenvalue weighted by atomic mass is 10.0. The Bertz CT molecular complexity index is 157. The average Bonchev–Trinajstić information content (AvgIpc) is 1.96. The molecule has 0 unspecified atom stereocenters. The minimum Gasteiger partial charge on any atom is -0.383 e. The van der Waals surface area contributed by atoms with Gasteiger partial charge in [0.1, 0.15) is 0 Å². The number of likely N-dealkylation sites (N-methyl/N-ethyl adjacent to an activating group) is 1. The number of ether oxygens (including phenoxy) is 1. The number of nitrogens with zero attached hydrogens (tertiary/aromatic N) is 1. The largest absolute Gasteiger partial charge is 0.383 e. The molecule has 1 aliphatic heterocycles. The Balaban J connectivity index is 2.20. The molecular weight excluding hydrogens is 156 g/mol. The zero-order valence-electron chi connectivity index (χ0n) is 7.67. The molecule has 0 radical (unpaired) electrons. The van der Waals surface area contributed by atoms with E-state index in [9.17, 15) is 4.79 Å². The van der Waals surface area contributed by atoms with Gasteiger partial charge in [-0.25, -0.2) is 0 Å². The van der Waals surface area contributed by atoms with Gasteiger partial charge in [-0.15, -0.1) is 0 Å². The summed E-state index contributed by atoms with van der Waals surface area (Å²) in [4.78, 5) is 13.2. The van der Waals surface area contributed by atoms with Crippen molar-refractivity contribution < 1.29 is 9.53 Å². The summed E-state index contributed by atoms with van der Waals surface area (Å²) in [5.74, 6) is 0.428. The van der Waals surface area contributed by atoms with E-state index in [0.717, 1.165) is 13.1 Å². The van der Waals surface area contributed by atoms with Gasteiger partial charge in [0, 0.05) is 33.8 Å².